The van der Waals surface area contributed by atoms with E-state index in [1.807, 2.05) is 17.0 Å². The third-order valence-electron chi connectivity index (χ3n) is 6.02. The van der Waals surface area contributed by atoms with Crippen molar-refractivity contribution < 1.29 is 18.7 Å². The first-order valence-corrected chi connectivity index (χ1v) is 9.69. The number of piperidine rings is 1. The van der Waals surface area contributed by atoms with Crippen LogP contribution in [0.4, 0.5) is 9.18 Å². The second-order valence-corrected chi connectivity index (χ2v) is 8.04. The van der Waals surface area contributed by atoms with Crippen LogP contribution in [-0.4, -0.2) is 72.6 Å². The highest BCUT2D eigenvalue weighted by atomic mass is 19.1. The summed E-state index contributed by atoms with van der Waals surface area (Å²) < 4.78 is 18.0. The van der Waals surface area contributed by atoms with Crippen molar-refractivity contribution in [3.8, 4) is 0 Å². The maximum absolute atomic E-state index is 13.1. The molecule has 1 aromatic rings. The number of benzene rings is 1. The van der Waals surface area contributed by atoms with E-state index in [1.54, 1.807) is 0 Å². The number of cyclic esters (lactones) is 1. The lowest BCUT2D eigenvalue weighted by molar-refractivity contribution is -0.131. The molecule has 0 N–H and O–H groups in total. The Balaban J connectivity index is 1.34. The van der Waals surface area contributed by atoms with E-state index in [4.69, 9.17) is 4.74 Å². The highest BCUT2D eigenvalue weighted by molar-refractivity contribution is 5.83. The second kappa shape index (κ2) is 7.46. The molecule has 146 valence electrons. The van der Waals surface area contributed by atoms with Crippen LogP contribution in [0.25, 0.3) is 0 Å². The molecule has 2 amide bonds. The van der Waals surface area contributed by atoms with Crippen molar-refractivity contribution in [3.63, 3.8) is 0 Å². The van der Waals surface area contributed by atoms with Gasteiger partial charge in [-0.2, -0.15) is 0 Å². The SMILES string of the molecule is O=C(CN1CCOC1=O)N1CC[C@]2(CCCN(Cc3ccc(F)cc3)C2)C1. The number of halogens is 1. The van der Waals surface area contributed by atoms with E-state index in [0.29, 0.717) is 13.2 Å². The van der Waals surface area contributed by atoms with E-state index in [-0.39, 0.29) is 29.8 Å². The summed E-state index contributed by atoms with van der Waals surface area (Å²) >= 11 is 0. The lowest BCUT2D eigenvalue weighted by Crippen LogP contribution is -2.46. The second-order valence-electron chi connectivity index (χ2n) is 8.04. The van der Waals surface area contributed by atoms with Crippen molar-refractivity contribution in [1.29, 1.82) is 0 Å². The summed E-state index contributed by atoms with van der Waals surface area (Å²) in [6.45, 7) is 5.31. The van der Waals surface area contributed by atoms with Gasteiger partial charge in [0.05, 0.1) is 6.54 Å². The number of ether oxygens (including phenoxy) is 1. The Bertz CT molecular complexity index is 711. The predicted molar refractivity (Wildman–Crippen MR) is 97.5 cm³/mol. The number of likely N-dealkylation sites (tertiary alicyclic amines) is 2. The van der Waals surface area contributed by atoms with Crippen LogP contribution in [0.2, 0.25) is 0 Å². The van der Waals surface area contributed by atoms with Crippen LogP contribution in [0, 0.1) is 11.2 Å². The average molecular weight is 375 g/mol. The van der Waals surface area contributed by atoms with Crippen LogP contribution in [0.5, 0.6) is 0 Å². The van der Waals surface area contributed by atoms with Crippen molar-refractivity contribution in [2.45, 2.75) is 25.8 Å². The number of hydrogen-bond donors (Lipinski definition) is 0. The molecule has 6 nitrogen and oxygen atoms in total. The maximum Gasteiger partial charge on any atom is 0.410 e. The molecule has 1 aromatic carbocycles. The molecule has 3 saturated heterocycles. The third-order valence-corrected chi connectivity index (χ3v) is 6.02. The van der Waals surface area contributed by atoms with Crippen LogP contribution >= 0.6 is 0 Å². The number of hydrogen-bond acceptors (Lipinski definition) is 4. The van der Waals surface area contributed by atoms with Gasteiger partial charge in [0.15, 0.2) is 0 Å². The Labute approximate surface area is 158 Å². The lowest BCUT2D eigenvalue weighted by Gasteiger charge is -2.40. The molecule has 4 rings (SSSR count). The Morgan fingerprint density at radius 1 is 1.11 bits per heavy atom. The number of rotatable bonds is 4. The normalized spacial score (nSPS) is 26.0. The average Bonchev–Trinajstić information content (AvgIpc) is 3.24. The van der Waals surface area contributed by atoms with Crippen LogP contribution in [0.3, 0.4) is 0 Å². The molecule has 0 radical (unpaired) electrons. The molecule has 3 fully saturated rings. The minimum absolute atomic E-state index is 0.0152. The van der Waals surface area contributed by atoms with Crippen molar-refractivity contribution in [3.05, 3.63) is 35.6 Å². The van der Waals surface area contributed by atoms with E-state index in [0.717, 1.165) is 57.5 Å². The molecule has 3 heterocycles. The number of nitrogens with zero attached hydrogens (tertiary/aromatic N) is 3. The summed E-state index contributed by atoms with van der Waals surface area (Å²) in [7, 11) is 0. The quantitative estimate of drug-likeness (QED) is 0.809. The first kappa shape index (κ1) is 18.2. The lowest BCUT2D eigenvalue weighted by atomic mass is 9.79. The molecule has 0 unspecified atom stereocenters. The summed E-state index contributed by atoms with van der Waals surface area (Å²) in [5.74, 6) is -0.193. The van der Waals surface area contributed by atoms with Gasteiger partial charge in [-0.1, -0.05) is 12.1 Å². The van der Waals surface area contributed by atoms with Gasteiger partial charge in [0, 0.05) is 31.6 Å². The summed E-state index contributed by atoms with van der Waals surface area (Å²) in [5, 5.41) is 0. The molecule has 0 bridgehead atoms. The topological polar surface area (TPSA) is 53.1 Å². The van der Waals surface area contributed by atoms with Gasteiger partial charge in [0.25, 0.3) is 0 Å². The molecule has 3 aliphatic rings. The zero-order valence-electron chi connectivity index (χ0n) is 15.5. The van der Waals surface area contributed by atoms with Crippen molar-refractivity contribution >= 4 is 12.0 Å². The van der Waals surface area contributed by atoms with Gasteiger partial charge in [0.1, 0.15) is 19.0 Å². The van der Waals surface area contributed by atoms with Gasteiger partial charge >= 0.3 is 6.09 Å². The van der Waals surface area contributed by atoms with Gasteiger partial charge in [-0.15, -0.1) is 0 Å². The molecule has 1 spiro atoms. The van der Waals surface area contributed by atoms with Crippen molar-refractivity contribution in [1.82, 2.24) is 14.7 Å². The predicted octanol–water partition coefficient (Wildman–Crippen LogP) is 2.09. The highest BCUT2D eigenvalue weighted by Crippen LogP contribution is 2.39. The maximum atomic E-state index is 13.1. The summed E-state index contributed by atoms with van der Waals surface area (Å²) in [6, 6.07) is 6.70. The minimum Gasteiger partial charge on any atom is -0.448 e. The molecule has 0 saturated carbocycles. The van der Waals surface area contributed by atoms with Crippen LogP contribution < -0.4 is 0 Å². The van der Waals surface area contributed by atoms with Gasteiger partial charge in [-0.05, 0) is 43.5 Å². The summed E-state index contributed by atoms with van der Waals surface area (Å²) in [5.41, 5.74) is 1.26. The van der Waals surface area contributed by atoms with Crippen molar-refractivity contribution in [2.75, 3.05) is 45.9 Å². The fourth-order valence-electron chi connectivity index (χ4n) is 4.61. The van der Waals surface area contributed by atoms with Crippen LogP contribution in [-0.2, 0) is 16.1 Å². The van der Waals surface area contributed by atoms with E-state index in [1.165, 1.54) is 17.0 Å². The van der Waals surface area contributed by atoms with Crippen LogP contribution in [0.15, 0.2) is 24.3 Å². The number of carbonyl (C=O) groups excluding carboxylic acids is 2. The largest absolute Gasteiger partial charge is 0.448 e. The molecule has 0 aliphatic carbocycles. The van der Waals surface area contributed by atoms with Crippen molar-refractivity contribution in [2.24, 2.45) is 5.41 Å². The zero-order valence-corrected chi connectivity index (χ0v) is 15.5. The third kappa shape index (κ3) is 4.08. The monoisotopic (exact) mass is 375 g/mol. The molecular formula is C20H26FN3O3. The van der Waals surface area contributed by atoms with Gasteiger partial charge in [-0.3, -0.25) is 14.6 Å². The zero-order chi connectivity index (χ0) is 18.9. The fourth-order valence-corrected chi connectivity index (χ4v) is 4.61. The first-order chi connectivity index (χ1) is 13.0. The minimum atomic E-state index is -0.389. The Morgan fingerprint density at radius 2 is 1.93 bits per heavy atom. The van der Waals surface area contributed by atoms with E-state index in [9.17, 15) is 14.0 Å². The first-order valence-electron chi connectivity index (χ1n) is 9.69. The van der Waals surface area contributed by atoms with E-state index in [2.05, 4.69) is 4.90 Å². The number of amides is 2. The standard InChI is InChI=1S/C20H26FN3O3/c21-17-4-2-16(3-5-17)12-22-8-1-6-20(14-22)7-9-24(15-20)18(25)13-23-10-11-27-19(23)26/h2-5H,1,6-15H2/t20-/m0/s1. The van der Waals surface area contributed by atoms with E-state index < -0.39 is 0 Å². The number of carbonyl (C=O) groups is 2. The smallest absolute Gasteiger partial charge is 0.410 e. The van der Waals surface area contributed by atoms with Gasteiger partial charge < -0.3 is 9.64 Å². The van der Waals surface area contributed by atoms with Crippen LogP contribution in [0.1, 0.15) is 24.8 Å². The molecule has 1 atom stereocenters. The van der Waals surface area contributed by atoms with Gasteiger partial charge in [0.2, 0.25) is 5.91 Å². The molecule has 0 aromatic heterocycles. The molecule has 3 aliphatic heterocycles. The Hall–Kier alpha value is -2.15. The summed E-state index contributed by atoms with van der Waals surface area (Å²) in [4.78, 5) is 30.0. The van der Waals surface area contributed by atoms with E-state index >= 15 is 0 Å². The fraction of sp³-hybridized carbons (Fsp3) is 0.600. The Morgan fingerprint density at radius 3 is 2.67 bits per heavy atom. The Kier molecular flexibility index (Phi) is 5.04. The summed E-state index contributed by atoms with van der Waals surface area (Å²) in [6.07, 6.45) is 2.85. The molecular weight excluding hydrogens is 349 g/mol. The molecule has 7 heteroatoms. The highest BCUT2D eigenvalue weighted by Gasteiger charge is 2.43. The molecule has 27 heavy (non-hydrogen) atoms. The van der Waals surface area contributed by atoms with Gasteiger partial charge in [-0.25, -0.2) is 9.18 Å².